The molecule has 0 spiro atoms. The Morgan fingerprint density at radius 2 is 1.69 bits per heavy atom. The maximum Gasteiger partial charge on any atom is 0.230 e. The number of carbonyl (C=O) groups excluding carboxylic acids is 1. The summed E-state index contributed by atoms with van der Waals surface area (Å²) in [5, 5.41) is 4.58. The van der Waals surface area contributed by atoms with Crippen LogP contribution in [-0.2, 0) is 17.6 Å². The maximum absolute atomic E-state index is 13.6. The molecule has 5 aliphatic rings. The van der Waals surface area contributed by atoms with Gasteiger partial charge in [-0.2, -0.15) is 0 Å². The second kappa shape index (κ2) is 5.31. The summed E-state index contributed by atoms with van der Waals surface area (Å²) in [6, 6.07) is 8.30. The van der Waals surface area contributed by atoms with Gasteiger partial charge in [0.2, 0.25) is 5.91 Å². The number of hydrogen-bond donors (Lipinski definition) is 1. The monoisotopic (exact) mass is 346 g/mol. The van der Waals surface area contributed by atoms with Crippen LogP contribution in [0.2, 0.25) is 0 Å². The molecular weight excluding hydrogens is 320 g/mol. The Bertz CT molecular complexity index is 881. The molecule has 4 fully saturated rings. The lowest BCUT2D eigenvalue weighted by Gasteiger charge is -2.55. The summed E-state index contributed by atoms with van der Waals surface area (Å²) >= 11 is 0. The van der Waals surface area contributed by atoms with E-state index in [4.69, 9.17) is 4.98 Å². The summed E-state index contributed by atoms with van der Waals surface area (Å²) in [5.41, 5.74) is 4.49. The predicted octanol–water partition coefficient (Wildman–Crippen LogP) is 4.88. The molecule has 4 saturated carbocycles. The number of fused-ring (bicyclic) bond motifs is 2. The molecule has 0 aliphatic heterocycles. The highest BCUT2D eigenvalue weighted by Crippen LogP contribution is 2.60. The molecule has 1 aromatic heterocycles. The van der Waals surface area contributed by atoms with E-state index in [0.717, 1.165) is 72.9 Å². The van der Waals surface area contributed by atoms with Gasteiger partial charge in [0.1, 0.15) is 0 Å². The molecule has 1 aromatic carbocycles. The standard InChI is InChI=1S/C23H26N2O/c26-22(23-11-14-8-15(12-23)10-16(9-14)13-23)25-21-17-4-1-2-6-19(17)24-20-7-3-5-18(20)21/h1-2,4,6,14-16H,3,5,7-13H2,(H,24,25,26). The highest BCUT2D eigenvalue weighted by Gasteiger charge is 2.54. The minimum Gasteiger partial charge on any atom is -0.325 e. The van der Waals surface area contributed by atoms with E-state index in [2.05, 4.69) is 23.5 Å². The minimum atomic E-state index is -0.0926. The molecular formula is C23H26N2O. The topological polar surface area (TPSA) is 42.0 Å². The summed E-state index contributed by atoms with van der Waals surface area (Å²) in [6.45, 7) is 0. The summed E-state index contributed by atoms with van der Waals surface area (Å²) in [7, 11) is 0. The fourth-order valence-corrected chi connectivity index (χ4v) is 6.99. The number of pyridine rings is 1. The van der Waals surface area contributed by atoms with Crippen molar-refractivity contribution in [2.45, 2.75) is 57.8 Å². The molecule has 134 valence electrons. The number of hydrogen-bond acceptors (Lipinski definition) is 2. The lowest BCUT2D eigenvalue weighted by atomic mass is 9.49. The molecule has 5 aliphatic carbocycles. The third-order valence-electron chi connectivity index (χ3n) is 7.68. The van der Waals surface area contributed by atoms with Gasteiger partial charge < -0.3 is 5.32 Å². The van der Waals surface area contributed by atoms with Crippen LogP contribution in [0.1, 0.15) is 56.2 Å². The zero-order chi connectivity index (χ0) is 17.3. The van der Waals surface area contributed by atoms with Crippen LogP contribution in [0.25, 0.3) is 10.9 Å². The van der Waals surface area contributed by atoms with Gasteiger partial charge in [-0.05, 0) is 87.2 Å². The molecule has 4 bridgehead atoms. The number of benzene rings is 1. The molecule has 2 aromatic rings. The van der Waals surface area contributed by atoms with Gasteiger partial charge in [-0.25, -0.2) is 0 Å². The normalized spacial score (nSPS) is 34.2. The summed E-state index contributed by atoms with van der Waals surface area (Å²) in [6.07, 6.45) is 10.7. The Morgan fingerprint density at radius 1 is 1.00 bits per heavy atom. The Labute approximate surface area is 154 Å². The van der Waals surface area contributed by atoms with Crippen molar-refractivity contribution >= 4 is 22.5 Å². The second-order valence-corrected chi connectivity index (χ2v) is 9.43. The lowest BCUT2D eigenvalue weighted by Crippen LogP contribution is -2.51. The fourth-order valence-electron chi connectivity index (χ4n) is 6.99. The van der Waals surface area contributed by atoms with Crippen LogP contribution in [0.4, 0.5) is 5.69 Å². The number of carbonyl (C=O) groups is 1. The van der Waals surface area contributed by atoms with Gasteiger partial charge in [0.25, 0.3) is 0 Å². The van der Waals surface area contributed by atoms with Gasteiger partial charge in [-0.1, -0.05) is 18.2 Å². The van der Waals surface area contributed by atoms with E-state index >= 15 is 0 Å². The average molecular weight is 346 g/mol. The van der Waals surface area contributed by atoms with Crippen LogP contribution in [0.15, 0.2) is 24.3 Å². The van der Waals surface area contributed by atoms with Crippen molar-refractivity contribution in [2.75, 3.05) is 5.32 Å². The van der Waals surface area contributed by atoms with E-state index in [0.29, 0.717) is 5.91 Å². The number of nitrogens with zero attached hydrogens (tertiary/aromatic N) is 1. The van der Waals surface area contributed by atoms with E-state index < -0.39 is 0 Å². The zero-order valence-corrected chi connectivity index (χ0v) is 15.3. The van der Waals surface area contributed by atoms with Crippen molar-refractivity contribution in [3.05, 3.63) is 35.5 Å². The van der Waals surface area contributed by atoms with Gasteiger partial charge in [0, 0.05) is 11.1 Å². The van der Waals surface area contributed by atoms with Crippen molar-refractivity contribution in [1.82, 2.24) is 4.98 Å². The number of anilines is 1. The van der Waals surface area contributed by atoms with Crippen LogP contribution in [0.3, 0.4) is 0 Å². The van der Waals surface area contributed by atoms with E-state index in [1.54, 1.807) is 0 Å². The van der Waals surface area contributed by atoms with Crippen LogP contribution < -0.4 is 5.32 Å². The molecule has 1 N–H and O–H groups in total. The first kappa shape index (κ1) is 15.2. The van der Waals surface area contributed by atoms with Gasteiger partial charge in [-0.3, -0.25) is 9.78 Å². The maximum atomic E-state index is 13.6. The van der Waals surface area contributed by atoms with Crippen LogP contribution in [0, 0.1) is 23.2 Å². The zero-order valence-electron chi connectivity index (χ0n) is 15.3. The second-order valence-electron chi connectivity index (χ2n) is 9.43. The third kappa shape index (κ3) is 2.12. The molecule has 1 amide bonds. The smallest absolute Gasteiger partial charge is 0.230 e. The predicted molar refractivity (Wildman–Crippen MR) is 103 cm³/mol. The van der Waals surface area contributed by atoms with E-state index in [9.17, 15) is 4.79 Å². The number of nitrogens with one attached hydrogen (secondary N) is 1. The van der Waals surface area contributed by atoms with Gasteiger partial charge in [-0.15, -0.1) is 0 Å². The highest BCUT2D eigenvalue weighted by molar-refractivity contribution is 6.04. The summed E-state index contributed by atoms with van der Waals surface area (Å²) in [4.78, 5) is 18.4. The molecule has 1 heterocycles. The summed E-state index contributed by atoms with van der Waals surface area (Å²) < 4.78 is 0. The fraction of sp³-hybridized carbons (Fsp3) is 0.565. The third-order valence-corrected chi connectivity index (χ3v) is 7.68. The Morgan fingerprint density at radius 3 is 2.42 bits per heavy atom. The number of rotatable bonds is 2. The number of amides is 1. The first-order valence-corrected chi connectivity index (χ1v) is 10.4. The lowest BCUT2D eigenvalue weighted by molar-refractivity contribution is -0.140. The first-order chi connectivity index (χ1) is 12.7. The summed E-state index contributed by atoms with van der Waals surface area (Å²) in [5.74, 6) is 2.70. The molecule has 0 radical (unpaired) electrons. The van der Waals surface area contributed by atoms with Crippen molar-refractivity contribution in [1.29, 1.82) is 0 Å². The van der Waals surface area contributed by atoms with E-state index in [1.807, 2.05) is 6.07 Å². The Balaban J connectivity index is 1.41. The number of aryl methyl sites for hydroxylation is 1. The quantitative estimate of drug-likeness (QED) is 0.842. The molecule has 0 saturated heterocycles. The van der Waals surface area contributed by atoms with Gasteiger partial charge in [0.15, 0.2) is 0 Å². The molecule has 7 rings (SSSR count). The Hall–Kier alpha value is -1.90. The first-order valence-electron chi connectivity index (χ1n) is 10.4. The van der Waals surface area contributed by atoms with E-state index in [-0.39, 0.29) is 5.41 Å². The molecule has 3 heteroatoms. The molecule has 26 heavy (non-hydrogen) atoms. The number of para-hydroxylation sites is 1. The van der Waals surface area contributed by atoms with Crippen molar-refractivity contribution in [2.24, 2.45) is 23.2 Å². The Kier molecular flexibility index (Phi) is 3.10. The molecule has 0 atom stereocenters. The van der Waals surface area contributed by atoms with Gasteiger partial charge in [0.05, 0.1) is 16.6 Å². The average Bonchev–Trinajstić information content (AvgIpc) is 3.08. The van der Waals surface area contributed by atoms with Crippen molar-refractivity contribution in [3.8, 4) is 0 Å². The van der Waals surface area contributed by atoms with Crippen LogP contribution in [0.5, 0.6) is 0 Å². The van der Waals surface area contributed by atoms with Gasteiger partial charge >= 0.3 is 0 Å². The van der Waals surface area contributed by atoms with Crippen molar-refractivity contribution < 1.29 is 4.79 Å². The highest BCUT2D eigenvalue weighted by atomic mass is 16.2. The minimum absolute atomic E-state index is 0.0926. The van der Waals surface area contributed by atoms with Crippen LogP contribution >= 0.6 is 0 Å². The molecule has 3 nitrogen and oxygen atoms in total. The van der Waals surface area contributed by atoms with Crippen LogP contribution in [-0.4, -0.2) is 10.9 Å². The van der Waals surface area contributed by atoms with E-state index in [1.165, 1.54) is 30.5 Å². The largest absolute Gasteiger partial charge is 0.325 e. The SMILES string of the molecule is O=C(Nc1c2c(nc3ccccc13)CCC2)C12CC3CC(CC(C3)C1)C2. The molecule has 0 unspecified atom stereocenters. The number of aromatic nitrogens is 1. The van der Waals surface area contributed by atoms with Crippen molar-refractivity contribution in [3.63, 3.8) is 0 Å².